The minimum atomic E-state index is -0.105. The number of nitrogens with zero attached hydrogens (tertiary/aromatic N) is 1. The third-order valence-corrected chi connectivity index (χ3v) is 12.1. The minimum absolute atomic E-state index is 0.105. The van der Waals surface area contributed by atoms with Crippen molar-refractivity contribution in [2.45, 2.75) is 19.3 Å². The van der Waals surface area contributed by atoms with Gasteiger partial charge in [-0.25, -0.2) is 0 Å². The van der Waals surface area contributed by atoms with E-state index >= 15 is 0 Å². The highest BCUT2D eigenvalue weighted by Crippen LogP contribution is 2.51. The molecule has 0 bridgehead atoms. The van der Waals surface area contributed by atoms with Crippen LogP contribution in [-0.4, -0.2) is 0 Å². The van der Waals surface area contributed by atoms with Crippen LogP contribution in [0.1, 0.15) is 25.0 Å². The smallest absolute Gasteiger partial charge is 0.135 e. The molecule has 0 spiro atoms. The van der Waals surface area contributed by atoms with E-state index in [1.807, 2.05) is 12.1 Å². The lowest BCUT2D eigenvalue weighted by Crippen LogP contribution is -2.16. The summed E-state index contributed by atoms with van der Waals surface area (Å²) in [5.41, 5.74) is 17.6. The molecule has 11 rings (SSSR count). The molecule has 0 N–H and O–H groups in total. The first-order chi connectivity index (χ1) is 28.0. The van der Waals surface area contributed by atoms with Crippen LogP contribution in [0.4, 0.5) is 17.1 Å². The fourth-order valence-corrected chi connectivity index (χ4v) is 9.13. The second kappa shape index (κ2) is 13.0. The van der Waals surface area contributed by atoms with Gasteiger partial charge in [0.25, 0.3) is 0 Å². The molecular weight excluding hydrogens is 691 g/mol. The quantitative estimate of drug-likeness (QED) is 0.169. The van der Waals surface area contributed by atoms with Crippen LogP contribution >= 0.6 is 0 Å². The second-order valence-corrected chi connectivity index (χ2v) is 15.7. The van der Waals surface area contributed by atoms with E-state index < -0.39 is 0 Å². The number of hydrogen-bond acceptors (Lipinski definition) is 2. The SMILES string of the molecule is CC1(C)c2ccccc2-c2ccc(N(c3ccc(-c4cccc(-c5cccc6ccccc56)c4)cc3)c3ccc(-c4ccc5oc6ccccc6c5c4)cc3)cc21. The molecule has 1 aliphatic rings. The largest absolute Gasteiger partial charge is 0.456 e. The molecule has 1 heterocycles. The number of rotatable bonds is 6. The number of anilines is 3. The van der Waals surface area contributed by atoms with Gasteiger partial charge in [-0.15, -0.1) is 0 Å². The fourth-order valence-electron chi connectivity index (χ4n) is 9.13. The Labute approximate surface area is 332 Å². The summed E-state index contributed by atoms with van der Waals surface area (Å²) in [5.74, 6) is 0. The summed E-state index contributed by atoms with van der Waals surface area (Å²) >= 11 is 0. The van der Waals surface area contributed by atoms with Crippen LogP contribution in [0.25, 0.3) is 77.2 Å². The Morgan fingerprint density at radius 1 is 0.351 bits per heavy atom. The summed E-state index contributed by atoms with van der Waals surface area (Å²) in [6.07, 6.45) is 0. The molecule has 1 aromatic heterocycles. The van der Waals surface area contributed by atoms with Crippen LogP contribution in [-0.2, 0) is 5.41 Å². The molecule has 0 unspecified atom stereocenters. The first-order valence-corrected chi connectivity index (χ1v) is 19.7. The fraction of sp³-hybridized carbons (Fsp3) is 0.0545. The number of furan rings is 1. The predicted molar refractivity (Wildman–Crippen MR) is 240 cm³/mol. The van der Waals surface area contributed by atoms with Gasteiger partial charge >= 0.3 is 0 Å². The summed E-state index contributed by atoms with van der Waals surface area (Å²) in [6.45, 7) is 4.70. The summed E-state index contributed by atoms with van der Waals surface area (Å²) in [5, 5.41) is 4.80. The number of para-hydroxylation sites is 1. The third kappa shape index (κ3) is 5.48. The molecule has 57 heavy (non-hydrogen) atoms. The molecule has 0 saturated heterocycles. The van der Waals surface area contributed by atoms with Crippen molar-refractivity contribution in [3.63, 3.8) is 0 Å². The van der Waals surface area contributed by atoms with Crippen molar-refractivity contribution in [2.75, 3.05) is 4.90 Å². The second-order valence-electron chi connectivity index (χ2n) is 15.7. The van der Waals surface area contributed by atoms with E-state index in [2.05, 4.69) is 207 Å². The van der Waals surface area contributed by atoms with Gasteiger partial charge in [0.15, 0.2) is 0 Å². The standard InChI is InChI=1S/C55H39NO/c1-55(2)51-19-7-5-16-47(51)48-31-30-44(35-52(48)55)56(43-28-23-37(24-29-43)40-25-32-54-50(34-40)49-17-6-8-20-53(49)57-54)42-26-21-36(22-27-42)39-13-9-14-41(33-39)46-18-10-12-38-11-3-4-15-45(38)46/h3-35H,1-2H3. The van der Waals surface area contributed by atoms with Crippen molar-refractivity contribution in [3.05, 3.63) is 211 Å². The van der Waals surface area contributed by atoms with Crippen molar-refractivity contribution in [1.82, 2.24) is 0 Å². The van der Waals surface area contributed by atoms with E-state index in [1.165, 1.54) is 60.8 Å². The maximum atomic E-state index is 6.13. The zero-order chi connectivity index (χ0) is 38.1. The van der Waals surface area contributed by atoms with Crippen molar-refractivity contribution < 1.29 is 4.42 Å². The first kappa shape index (κ1) is 33.2. The molecule has 2 heteroatoms. The Balaban J connectivity index is 0.989. The molecular formula is C55H39NO. The van der Waals surface area contributed by atoms with Gasteiger partial charge in [0, 0.05) is 33.2 Å². The maximum absolute atomic E-state index is 6.13. The van der Waals surface area contributed by atoms with Crippen LogP contribution in [0.3, 0.4) is 0 Å². The highest BCUT2D eigenvalue weighted by atomic mass is 16.3. The Kier molecular flexibility index (Phi) is 7.55. The van der Waals surface area contributed by atoms with Crippen molar-refractivity contribution in [1.29, 1.82) is 0 Å². The lowest BCUT2D eigenvalue weighted by Gasteiger charge is -2.28. The van der Waals surface area contributed by atoms with Gasteiger partial charge in [-0.05, 0) is 127 Å². The van der Waals surface area contributed by atoms with Gasteiger partial charge in [0.2, 0.25) is 0 Å². The minimum Gasteiger partial charge on any atom is -0.456 e. The summed E-state index contributed by atoms with van der Waals surface area (Å²) < 4.78 is 6.13. The Morgan fingerprint density at radius 3 is 1.72 bits per heavy atom. The number of hydrogen-bond donors (Lipinski definition) is 0. The zero-order valence-corrected chi connectivity index (χ0v) is 31.9. The van der Waals surface area contributed by atoms with Gasteiger partial charge < -0.3 is 9.32 Å². The normalized spacial score (nSPS) is 12.9. The van der Waals surface area contributed by atoms with Gasteiger partial charge in [0.05, 0.1) is 0 Å². The lowest BCUT2D eigenvalue weighted by atomic mass is 9.82. The van der Waals surface area contributed by atoms with E-state index in [9.17, 15) is 0 Å². The lowest BCUT2D eigenvalue weighted by molar-refractivity contribution is 0.660. The van der Waals surface area contributed by atoms with E-state index in [4.69, 9.17) is 4.42 Å². The van der Waals surface area contributed by atoms with Crippen molar-refractivity contribution in [2.24, 2.45) is 0 Å². The van der Waals surface area contributed by atoms with Crippen molar-refractivity contribution in [3.8, 4) is 44.5 Å². The molecule has 0 aliphatic heterocycles. The molecule has 0 amide bonds. The highest BCUT2D eigenvalue weighted by Gasteiger charge is 2.35. The average Bonchev–Trinajstić information content (AvgIpc) is 3.75. The average molecular weight is 730 g/mol. The predicted octanol–water partition coefficient (Wildman–Crippen LogP) is 15.5. The maximum Gasteiger partial charge on any atom is 0.135 e. The van der Waals surface area contributed by atoms with Crippen LogP contribution in [0, 0.1) is 0 Å². The third-order valence-electron chi connectivity index (χ3n) is 12.1. The van der Waals surface area contributed by atoms with E-state index in [-0.39, 0.29) is 5.41 Å². The molecule has 270 valence electrons. The van der Waals surface area contributed by atoms with E-state index in [0.29, 0.717) is 0 Å². The van der Waals surface area contributed by atoms with Crippen LogP contribution in [0.2, 0.25) is 0 Å². The molecule has 0 atom stereocenters. The van der Waals surface area contributed by atoms with Crippen LogP contribution in [0.15, 0.2) is 205 Å². The summed E-state index contributed by atoms with van der Waals surface area (Å²) in [4.78, 5) is 2.40. The Bertz CT molecular complexity index is 3140. The molecule has 10 aromatic rings. The van der Waals surface area contributed by atoms with Gasteiger partial charge in [0.1, 0.15) is 11.2 Å². The molecule has 0 fully saturated rings. The number of fused-ring (bicyclic) bond motifs is 7. The van der Waals surface area contributed by atoms with Gasteiger partial charge in [-0.2, -0.15) is 0 Å². The van der Waals surface area contributed by atoms with Crippen LogP contribution in [0.5, 0.6) is 0 Å². The van der Waals surface area contributed by atoms with Crippen molar-refractivity contribution >= 4 is 49.8 Å². The molecule has 9 aromatic carbocycles. The summed E-state index contributed by atoms with van der Waals surface area (Å²) in [6, 6.07) is 72.8. The summed E-state index contributed by atoms with van der Waals surface area (Å²) in [7, 11) is 0. The van der Waals surface area contributed by atoms with Crippen LogP contribution < -0.4 is 4.90 Å². The Morgan fingerprint density at radius 2 is 0.912 bits per heavy atom. The highest BCUT2D eigenvalue weighted by molar-refractivity contribution is 6.06. The van der Waals surface area contributed by atoms with E-state index in [1.54, 1.807) is 0 Å². The van der Waals surface area contributed by atoms with E-state index in [0.717, 1.165) is 44.6 Å². The monoisotopic (exact) mass is 729 g/mol. The first-order valence-electron chi connectivity index (χ1n) is 19.7. The zero-order valence-electron chi connectivity index (χ0n) is 31.9. The molecule has 0 radical (unpaired) electrons. The number of benzene rings is 9. The van der Waals surface area contributed by atoms with Gasteiger partial charge in [-0.1, -0.05) is 153 Å². The Hall–Kier alpha value is -7.16. The van der Waals surface area contributed by atoms with Gasteiger partial charge in [-0.3, -0.25) is 0 Å². The molecule has 2 nitrogen and oxygen atoms in total. The molecule has 0 saturated carbocycles. The molecule has 1 aliphatic carbocycles. The topological polar surface area (TPSA) is 16.4 Å².